The summed E-state index contributed by atoms with van der Waals surface area (Å²) in [5.41, 5.74) is 1.26. The fourth-order valence-corrected chi connectivity index (χ4v) is 2.89. The minimum absolute atomic E-state index is 0.221. The summed E-state index contributed by atoms with van der Waals surface area (Å²) in [5.74, 6) is 2.53. The number of rotatable bonds is 8. The van der Waals surface area contributed by atoms with Gasteiger partial charge in [0, 0.05) is 11.3 Å². The van der Waals surface area contributed by atoms with Gasteiger partial charge < -0.3 is 14.8 Å². The van der Waals surface area contributed by atoms with E-state index in [0.29, 0.717) is 23.8 Å². The van der Waals surface area contributed by atoms with Gasteiger partial charge in [0.15, 0.2) is 5.11 Å². The van der Waals surface area contributed by atoms with Crippen molar-refractivity contribution in [3.05, 3.63) is 84.4 Å². The standard InChI is InChI=1S/C25H26N2O3S/c1-18(2)16-17-29-21-12-8-19(9-13-21)24(28)27-25(31)26-20-10-14-23(15-11-20)30-22-6-4-3-5-7-22/h3-15,18H,16-17H2,1-2H3,(H2,26,27,28,31). The van der Waals surface area contributed by atoms with Crippen molar-refractivity contribution in [2.24, 2.45) is 5.92 Å². The van der Waals surface area contributed by atoms with Gasteiger partial charge in [0.25, 0.3) is 5.91 Å². The van der Waals surface area contributed by atoms with Crippen molar-refractivity contribution in [3.8, 4) is 17.2 Å². The Morgan fingerprint density at radius 1 is 0.871 bits per heavy atom. The second-order valence-corrected chi connectivity index (χ2v) is 7.81. The van der Waals surface area contributed by atoms with Crippen LogP contribution in [-0.4, -0.2) is 17.6 Å². The highest BCUT2D eigenvalue weighted by Gasteiger charge is 2.09. The minimum Gasteiger partial charge on any atom is -0.494 e. The number of carbonyl (C=O) groups excluding carboxylic acids is 1. The van der Waals surface area contributed by atoms with Gasteiger partial charge in [-0.3, -0.25) is 10.1 Å². The number of ether oxygens (including phenoxy) is 2. The molecule has 0 saturated heterocycles. The molecular formula is C25H26N2O3S. The van der Waals surface area contributed by atoms with Crippen molar-refractivity contribution < 1.29 is 14.3 Å². The van der Waals surface area contributed by atoms with Crippen molar-refractivity contribution in [1.29, 1.82) is 0 Å². The first-order valence-electron chi connectivity index (χ1n) is 10.2. The summed E-state index contributed by atoms with van der Waals surface area (Å²) in [7, 11) is 0. The van der Waals surface area contributed by atoms with Crippen LogP contribution < -0.4 is 20.1 Å². The highest BCUT2D eigenvalue weighted by atomic mass is 32.1. The van der Waals surface area contributed by atoms with E-state index in [2.05, 4.69) is 24.5 Å². The predicted molar refractivity (Wildman–Crippen MR) is 128 cm³/mol. The summed E-state index contributed by atoms with van der Waals surface area (Å²) >= 11 is 5.26. The zero-order chi connectivity index (χ0) is 22.1. The van der Waals surface area contributed by atoms with Gasteiger partial charge in [0.1, 0.15) is 17.2 Å². The second kappa shape index (κ2) is 11.1. The highest BCUT2D eigenvalue weighted by molar-refractivity contribution is 7.80. The van der Waals surface area contributed by atoms with E-state index in [1.807, 2.05) is 54.6 Å². The molecule has 0 bridgehead atoms. The molecular weight excluding hydrogens is 408 g/mol. The van der Waals surface area contributed by atoms with Crippen molar-refractivity contribution in [2.45, 2.75) is 20.3 Å². The van der Waals surface area contributed by atoms with Crippen molar-refractivity contribution in [1.82, 2.24) is 5.32 Å². The molecule has 0 fully saturated rings. The second-order valence-electron chi connectivity index (χ2n) is 7.40. The molecule has 3 aromatic carbocycles. The highest BCUT2D eigenvalue weighted by Crippen LogP contribution is 2.22. The number of thiocarbonyl (C=S) groups is 1. The molecule has 0 saturated carbocycles. The Morgan fingerprint density at radius 2 is 1.48 bits per heavy atom. The monoisotopic (exact) mass is 434 g/mol. The van der Waals surface area contributed by atoms with Crippen LogP contribution in [0.5, 0.6) is 17.2 Å². The van der Waals surface area contributed by atoms with Gasteiger partial charge in [-0.2, -0.15) is 0 Å². The van der Waals surface area contributed by atoms with E-state index < -0.39 is 0 Å². The zero-order valence-corrected chi connectivity index (χ0v) is 18.4. The summed E-state index contributed by atoms with van der Waals surface area (Å²) in [4.78, 5) is 12.4. The Balaban J connectivity index is 1.48. The molecule has 5 nitrogen and oxygen atoms in total. The summed E-state index contributed by atoms with van der Waals surface area (Å²) in [6.07, 6.45) is 0.988. The first-order chi connectivity index (χ1) is 15.0. The number of hydrogen-bond donors (Lipinski definition) is 2. The van der Waals surface area contributed by atoms with E-state index >= 15 is 0 Å². The van der Waals surface area contributed by atoms with Gasteiger partial charge in [-0.25, -0.2) is 0 Å². The molecule has 0 heterocycles. The summed E-state index contributed by atoms with van der Waals surface area (Å²) in [5, 5.41) is 5.91. The van der Waals surface area contributed by atoms with E-state index in [1.54, 1.807) is 24.3 Å². The van der Waals surface area contributed by atoms with Gasteiger partial charge in [0.05, 0.1) is 6.61 Å². The molecule has 0 aliphatic carbocycles. The third-order valence-electron chi connectivity index (χ3n) is 4.40. The Morgan fingerprint density at radius 3 is 2.13 bits per heavy atom. The Labute approximate surface area is 188 Å². The van der Waals surface area contributed by atoms with Crippen LogP contribution in [0, 0.1) is 5.92 Å². The third-order valence-corrected chi connectivity index (χ3v) is 4.60. The van der Waals surface area contributed by atoms with Crippen molar-refractivity contribution >= 4 is 28.9 Å². The molecule has 160 valence electrons. The lowest BCUT2D eigenvalue weighted by Crippen LogP contribution is -2.34. The maximum absolute atomic E-state index is 12.4. The number of benzene rings is 3. The van der Waals surface area contributed by atoms with E-state index in [-0.39, 0.29) is 11.0 Å². The van der Waals surface area contributed by atoms with Crippen LogP contribution in [0.4, 0.5) is 5.69 Å². The lowest BCUT2D eigenvalue weighted by Gasteiger charge is -2.11. The van der Waals surface area contributed by atoms with Crippen LogP contribution in [0.1, 0.15) is 30.6 Å². The Bertz CT molecular complexity index is 988. The summed E-state index contributed by atoms with van der Waals surface area (Å²) < 4.78 is 11.4. The molecule has 1 amide bonds. The SMILES string of the molecule is CC(C)CCOc1ccc(C(=O)NC(=S)Nc2ccc(Oc3ccccc3)cc2)cc1. The van der Waals surface area contributed by atoms with Gasteiger partial charge in [0.2, 0.25) is 0 Å². The number of nitrogens with one attached hydrogen (secondary N) is 2. The molecule has 3 rings (SSSR count). The Kier molecular flexibility index (Phi) is 8.01. The fraction of sp³-hybridized carbons (Fsp3) is 0.200. The third kappa shape index (κ3) is 7.42. The average molecular weight is 435 g/mol. The molecule has 6 heteroatoms. The first kappa shape index (κ1) is 22.3. The summed E-state index contributed by atoms with van der Waals surface area (Å²) in [6, 6.07) is 23.9. The van der Waals surface area contributed by atoms with Gasteiger partial charge in [-0.05, 0) is 85.2 Å². The summed E-state index contributed by atoms with van der Waals surface area (Å²) in [6.45, 7) is 4.97. The maximum Gasteiger partial charge on any atom is 0.257 e. The van der Waals surface area contributed by atoms with Crippen LogP contribution in [0.15, 0.2) is 78.9 Å². The van der Waals surface area contributed by atoms with Crippen LogP contribution >= 0.6 is 12.2 Å². The molecule has 31 heavy (non-hydrogen) atoms. The van der Waals surface area contributed by atoms with Gasteiger partial charge >= 0.3 is 0 Å². The molecule has 2 N–H and O–H groups in total. The first-order valence-corrected chi connectivity index (χ1v) is 10.6. The van der Waals surface area contributed by atoms with Crippen LogP contribution in [0.3, 0.4) is 0 Å². The largest absolute Gasteiger partial charge is 0.494 e. The average Bonchev–Trinajstić information content (AvgIpc) is 2.76. The Hall–Kier alpha value is -3.38. The fourth-order valence-electron chi connectivity index (χ4n) is 2.68. The number of para-hydroxylation sites is 1. The molecule has 0 spiro atoms. The molecule has 0 atom stereocenters. The smallest absolute Gasteiger partial charge is 0.257 e. The number of amides is 1. The quantitative estimate of drug-likeness (QED) is 0.424. The van der Waals surface area contributed by atoms with Crippen LogP contribution in [-0.2, 0) is 0 Å². The van der Waals surface area contributed by atoms with E-state index in [4.69, 9.17) is 21.7 Å². The van der Waals surface area contributed by atoms with Crippen LogP contribution in [0.2, 0.25) is 0 Å². The molecule has 3 aromatic rings. The lowest BCUT2D eigenvalue weighted by atomic mass is 10.1. The normalized spacial score (nSPS) is 10.4. The number of hydrogen-bond acceptors (Lipinski definition) is 4. The number of carbonyl (C=O) groups is 1. The van der Waals surface area contributed by atoms with Gasteiger partial charge in [-0.1, -0.05) is 32.0 Å². The predicted octanol–water partition coefficient (Wildman–Crippen LogP) is 6.03. The van der Waals surface area contributed by atoms with E-state index in [1.165, 1.54) is 0 Å². The lowest BCUT2D eigenvalue weighted by molar-refractivity contribution is 0.0977. The van der Waals surface area contributed by atoms with E-state index in [9.17, 15) is 4.79 Å². The zero-order valence-electron chi connectivity index (χ0n) is 17.6. The molecule has 0 unspecified atom stereocenters. The molecule has 0 aliphatic heterocycles. The van der Waals surface area contributed by atoms with Crippen LogP contribution in [0.25, 0.3) is 0 Å². The number of anilines is 1. The van der Waals surface area contributed by atoms with Crippen molar-refractivity contribution in [3.63, 3.8) is 0 Å². The molecule has 0 aromatic heterocycles. The topological polar surface area (TPSA) is 59.6 Å². The molecule has 0 aliphatic rings. The maximum atomic E-state index is 12.4. The van der Waals surface area contributed by atoms with Crippen molar-refractivity contribution in [2.75, 3.05) is 11.9 Å². The van der Waals surface area contributed by atoms with Gasteiger partial charge in [-0.15, -0.1) is 0 Å². The molecule has 0 radical (unpaired) electrons. The van der Waals surface area contributed by atoms with E-state index in [0.717, 1.165) is 23.6 Å². The minimum atomic E-state index is -0.282.